The standard InChI is InChI=1S/C87H170O17P2/c1-9-80(8)66-58-50-41-35-29-23-19-15-11-13-16-20-24-30-36-42-51-59-67-84(89)97-73-82(103-86(91)69-61-53-43-37-31-25-21-17-12-10-14-18-22-27-33-39-47-55-63-77(2)3)75-101-105(93,94)99-71-81(88)72-100-106(95,96)102-76-83(74-98-85(90)68-60-52-46-45-49-57-65-79(6)7)104-87(92)70-62-54-44-38-32-26-28-34-40-48-56-64-78(4)5/h77-83,88H,9-76H2,1-8H3,(H,93,94)(H,95,96)/t80?,81-,82-,83-/m1/s1. The van der Waals surface area contributed by atoms with Gasteiger partial charge >= 0.3 is 39.5 Å². The van der Waals surface area contributed by atoms with E-state index in [0.717, 1.165) is 114 Å². The van der Waals surface area contributed by atoms with Crippen LogP contribution >= 0.6 is 15.6 Å². The van der Waals surface area contributed by atoms with Crippen LogP contribution in [0, 0.1) is 23.7 Å². The fraction of sp³-hybridized carbons (Fsp3) is 0.954. The van der Waals surface area contributed by atoms with E-state index in [1.54, 1.807) is 0 Å². The molecule has 0 aromatic rings. The molecule has 0 fully saturated rings. The number of rotatable bonds is 84. The number of hydrogen-bond donors (Lipinski definition) is 3. The maximum atomic E-state index is 13.2. The van der Waals surface area contributed by atoms with E-state index in [1.165, 1.54) is 250 Å². The maximum Gasteiger partial charge on any atom is 0.472 e. The van der Waals surface area contributed by atoms with Crippen LogP contribution in [0.15, 0.2) is 0 Å². The summed E-state index contributed by atoms with van der Waals surface area (Å²) in [6.45, 7) is 14.3. The molecule has 0 spiro atoms. The minimum absolute atomic E-state index is 0.105. The summed E-state index contributed by atoms with van der Waals surface area (Å²) in [5, 5.41) is 10.7. The van der Waals surface area contributed by atoms with Crippen LogP contribution in [-0.4, -0.2) is 96.7 Å². The Kier molecular flexibility index (Phi) is 74.3. The number of phosphoric acid groups is 2. The van der Waals surface area contributed by atoms with Crippen molar-refractivity contribution < 1.29 is 80.2 Å². The van der Waals surface area contributed by atoms with Gasteiger partial charge in [0.15, 0.2) is 12.2 Å². The first-order valence-corrected chi connectivity index (χ1v) is 47.7. The predicted molar refractivity (Wildman–Crippen MR) is 437 cm³/mol. The highest BCUT2D eigenvalue weighted by Gasteiger charge is 2.31. The van der Waals surface area contributed by atoms with Crippen molar-refractivity contribution in [2.24, 2.45) is 23.7 Å². The summed E-state index contributed by atoms with van der Waals surface area (Å²) < 4.78 is 68.8. The summed E-state index contributed by atoms with van der Waals surface area (Å²) in [6, 6.07) is 0. The second-order valence-corrected chi connectivity index (χ2v) is 35.9. The third-order valence-electron chi connectivity index (χ3n) is 20.7. The van der Waals surface area contributed by atoms with Gasteiger partial charge in [-0.1, -0.05) is 402 Å². The Labute approximate surface area is 651 Å². The Morgan fingerprint density at radius 2 is 0.453 bits per heavy atom. The molecule has 3 N–H and O–H groups in total. The molecule has 0 aromatic heterocycles. The first kappa shape index (κ1) is 104. The van der Waals surface area contributed by atoms with Gasteiger partial charge in [-0.25, -0.2) is 9.13 Å². The number of hydrogen-bond acceptors (Lipinski definition) is 15. The van der Waals surface area contributed by atoms with Crippen LogP contribution in [0.4, 0.5) is 0 Å². The Balaban J connectivity index is 5.20. The second kappa shape index (κ2) is 75.7. The topological polar surface area (TPSA) is 237 Å². The minimum Gasteiger partial charge on any atom is -0.462 e. The Bertz CT molecular complexity index is 2060. The molecule has 0 saturated carbocycles. The largest absolute Gasteiger partial charge is 0.472 e. The summed E-state index contributed by atoms with van der Waals surface area (Å²) in [7, 11) is -9.93. The van der Waals surface area contributed by atoms with E-state index >= 15 is 0 Å². The third kappa shape index (κ3) is 78.7. The smallest absolute Gasteiger partial charge is 0.462 e. The molecule has 0 aliphatic heterocycles. The molecule has 0 saturated heterocycles. The monoisotopic (exact) mass is 1550 g/mol. The predicted octanol–water partition coefficient (Wildman–Crippen LogP) is 26.3. The van der Waals surface area contributed by atoms with Crippen LogP contribution in [0.2, 0.25) is 0 Å². The number of unbranched alkanes of at least 4 members (excludes halogenated alkanes) is 49. The van der Waals surface area contributed by atoms with Crippen molar-refractivity contribution in [1.82, 2.24) is 0 Å². The molecule has 0 amide bonds. The molecule has 630 valence electrons. The average molecular weight is 1550 g/mol. The molecular weight excluding hydrogens is 1380 g/mol. The van der Waals surface area contributed by atoms with Gasteiger partial charge < -0.3 is 33.8 Å². The quantitative estimate of drug-likeness (QED) is 0.0222. The van der Waals surface area contributed by atoms with Gasteiger partial charge in [0.05, 0.1) is 26.4 Å². The van der Waals surface area contributed by atoms with Crippen molar-refractivity contribution in [3.05, 3.63) is 0 Å². The van der Waals surface area contributed by atoms with Gasteiger partial charge in [0.2, 0.25) is 0 Å². The zero-order valence-electron chi connectivity index (χ0n) is 70.1. The zero-order valence-corrected chi connectivity index (χ0v) is 71.9. The van der Waals surface area contributed by atoms with E-state index in [0.29, 0.717) is 31.6 Å². The number of carbonyl (C=O) groups excluding carboxylic acids is 4. The van der Waals surface area contributed by atoms with E-state index in [4.69, 9.17) is 37.0 Å². The Morgan fingerprint density at radius 1 is 0.264 bits per heavy atom. The molecule has 17 nitrogen and oxygen atoms in total. The van der Waals surface area contributed by atoms with E-state index in [-0.39, 0.29) is 25.7 Å². The van der Waals surface area contributed by atoms with Crippen molar-refractivity contribution in [3.8, 4) is 0 Å². The lowest BCUT2D eigenvalue weighted by molar-refractivity contribution is -0.161. The number of aliphatic hydroxyl groups is 1. The van der Waals surface area contributed by atoms with E-state index < -0.39 is 97.5 Å². The highest BCUT2D eigenvalue weighted by molar-refractivity contribution is 7.47. The van der Waals surface area contributed by atoms with Gasteiger partial charge in [0.25, 0.3) is 0 Å². The van der Waals surface area contributed by atoms with Crippen molar-refractivity contribution in [2.75, 3.05) is 39.6 Å². The molecule has 0 aliphatic rings. The van der Waals surface area contributed by atoms with Crippen molar-refractivity contribution in [1.29, 1.82) is 0 Å². The normalized spacial score (nSPS) is 14.2. The zero-order chi connectivity index (χ0) is 78.1. The van der Waals surface area contributed by atoms with Gasteiger partial charge in [-0.15, -0.1) is 0 Å². The van der Waals surface area contributed by atoms with Gasteiger partial charge in [-0.05, 0) is 49.4 Å². The number of ether oxygens (including phenoxy) is 4. The van der Waals surface area contributed by atoms with Gasteiger partial charge in [-0.3, -0.25) is 37.3 Å². The van der Waals surface area contributed by atoms with Gasteiger partial charge in [0, 0.05) is 25.7 Å². The fourth-order valence-electron chi connectivity index (χ4n) is 13.5. The van der Waals surface area contributed by atoms with Crippen molar-refractivity contribution in [3.63, 3.8) is 0 Å². The van der Waals surface area contributed by atoms with Crippen LogP contribution in [0.1, 0.15) is 453 Å². The van der Waals surface area contributed by atoms with Crippen molar-refractivity contribution >= 4 is 39.5 Å². The molecule has 0 rings (SSSR count). The minimum atomic E-state index is -4.97. The van der Waals surface area contributed by atoms with Crippen LogP contribution in [-0.2, 0) is 65.4 Å². The van der Waals surface area contributed by atoms with Crippen LogP contribution < -0.4 is 0 Å². The molecule has 0 aliphatic carbocycles. The molecule has 0 aromatic carbocycles. The molecule has 6 atom stereocenters. The molecule has 0 heterocycles. The third-order valence-corrected chi connectivity index (χ3v) is 22.6. The highest BCUT2D eigenvalue weighted by atomic mass is 31.2. The number of esters is 4. The lowest BCUT2D eigenvalue weighted by Crippen LogP contribution is -2.30. The van der Waals surface area contributed by atoms with E-state index in [9.17, 15) is 43.2 Å². The summed E-state index contributed by atoms with van der Waals surface area (Å²) in [5.41, 5.74) is 0. The highest BCUT2D eigenvalue weighted by Crippen LogP contribution is 2.45. The molecule has 19 heteroatoms. The summed E-state index contributed by atoms with van der Waals surface area (Å²) in [5.74, 6) is 1.03. The molecular formula is C87H170O17P2. The van der Waals surface area contributed by atoms with Crippen LogP contribution in [0.5, 0.6) is 0 Å². The SMILES string of the molecule is CCC(C)CCCCCCCCCCCCCCCCCCCCC(=O)OC[C@H](COP(=O)(O)OC[C@@H](O)COP(=O)(O)OC[C@@H](COC(=O)CCCCCCCCC(C)C)OC(=O)CCCCCCCCCCCCCC(C)C)OC(=O)CCCCCCCCCCCCCCCCCCCCC(C)C. The Morgan fingerprint density at radius 3 is 0.670 bits per heavy atom. The van der Waals surface area contributed by atoms with E-state index in [2.05, 4.69) is 55.4 Å². The van der Waals surface area contributed by atoms with Gasteiger partial charge in [-0.2, -0.15) is 0 Å². The van der Waals surface area contributed by atoms with Crippen LogP contribution in [0.25, 0.3) is 0 Å². The number of aliphatic hydroxyl groups excluding tert-OH is 1. The maximum absolute atomic E-state index is 13.2. The summed E-state index contributed by atoms with van der Waals surface area (Å²) in [4.78, 5) is 73.2. The molecule has 0 radical (unpaired) electrons. The first-order valence-electron chi connectivity index (χ1n) is 44.7. The van der Waals surface area contributed by atoms with Crippen molar-refractivity contribution in [2.45, 2.75) is 472 Å². The Hall–Kier alpha value is -1.94. The number of phosphoric ester groups is 2. The van der Waals surface area contributed by atoms with Crippen LogP contribution in [0.3, 0.4) is 0 Å². The average Bonchev–Trinajstić information content (AvgIpc) is 0.901. The second-order valence-electron chi connectivity index (χ2n) is 33.0. The first-order chi connectivity index (χ1) is 51.1. The lowest BCUT2D eigenvalue weighted by Gasteiger charge is -2.21. The molecule has 106 heavy (non-hydrogen) atoms. The summed E-state index contributed by atoms with van der Waals surface area (Å²) >= 11 is 0. The molecule has 3 unspecified atom stereocenters. The lowest BCUT2D eigenvalue weighted by atomic mass is 9.99. The van der Waals surface area contributed by atoms with E-state index in [1.807, 2.05) is 0 Å². The summed E-state index contributed by atoms with van der Waals surface area (Å²) in [6.07, 6.45) is 65.5. The number of carbonyl (C=O) groups is 4. The fourth-order valence-corrected chi connectivity index (χ4v) is 15.0. The van der Waals surface area contributed by atoms with Gasteiger partial charge in [0.1, 0.15) is 19.3 Å². The molecule has 0 bridgehead atoms.